The number of allylic oxidation sites excluding steroid dienone is 1. The average molecular weight is 765 g/mol. The van der Waals surface area contributed by atoms with Crippen LogP contribution in [0.1, 0.15) is 110 Å². The average Bonchev–Trinajstić information content (AvgIpc) is 3.60. The van der Waals surface area contributed by atoms with Crippen molar-refractivity contribution >= 4 is 17.9 Å². The first-order valence-electron chi connectivity index (χ1n) is 20.8. The van der Waals surface area contributed by atoms with Crippen molar-refractivity contribution in [1.29, 1.82) is 0 Å². The monoisotopic (exact) mass is 764 g/mol. The zero-order chi connectivity index (χ0) is 38.9. The Bertz CT molecular complexity index is 1640. The number of ether oxygens (including phenoxy) is 7. The zero-order valence-electron chi connectivity index (χ0n) is 33.3. The summed E-state index contributed by atoms with van der Waals surface area (Å²) in [6, 6.07) is 8.51. The number of esters is 3. The minimum absolute atomic E-state index is 0.0471. The fourth-order valence-corrected chi connectivity index (χ4v) is 12.5. The molecule has 11 nitrogen and oxygen atoms in total. The molecule has 0 radical (unpaired) electrons. The van der Waals surface area contributed by atoms with Crippen molar-refractivity contribution in [2.24, 2.45) is 46.3 Å². The van der Waals surface area contributed by atoms with Gasteiger partial charge < -0.3 is 38.3 Å². The number of hydrogen-bond donors (Lipinski definition) is 1. The van der Waals surface area contributed by atoms with E-state index in [2.05, 4.69) is 33.8 Å². The third kappa shape index (κ3) is 6.87. The van der Waals surface area contributed by atoms with E-state index in [1.165, 1.54) is 38.7 Å². The summed E-state index contributed by atoms with van der Waals surface area (Å²) in [5.74, 6) is 1.02. The molecule has 11 heteroatoms. The van der Waals surface area contributed by atoms with E-state index in [-0.39, 0.29) is 29.6 Å². The Morgan fingerprint density at radius 1 is 0.927 bits per heavy atom. The van der Waals surface area contributed by atoms with Gasteiger partial charge in [0.05, 0.1) is 24.4 Å². The molecular formula is C44H60O11. The molecule has 1 N–H and O–H groups in total. The van der Waals surface area contributed by atoms with Crippen LogP contribution in [0.25, 0.3) is 0 Å². The van der Waals surface area contributed by atoms with Crippen molar-refractivity contribution in [3.63, 3.8) is 0 Å². The molecule has 8 rings (SSSR count). The molecule has 1 aromatic rings. The number of benzene rings is 1. The van der Waals surface area contributed by atoms with Crippen LogP contribution < -0.4 is 0 Å². The Morgan fingerprint density at radius 3 is 2.38 bits per heavy atom. The molecule has 55 heavy (non-hydrogen) atoms. The number of hydrogen-bond acceptors (Lipinski definition) is 11. The number of aliphatic hydroxyl groups is 1. The van der Waals surface area contributed by atoms with Gasteiger partial charge in [0, 0.05) is 26.2 Å². The van der Waals surface area contributed by atoms with Gasteiger partial charge in [0.15, 0.2) is 24.3 Å². The van der Waals surface area contributed by atoms with E-state index in [0.717, 1.165) is 38.7 Å². The quantitative estimate of drug-likeness (QED) is 0.184. The highest BCUT2D eigenvalue weighted by atomic mass is 16.7. The summed E-state index contributed by atoms with van der Waals surface area (Å²) < 4.78 is 43.1. The number of aliphatic hydroxyl groups excluding tert-OH is 1. The van der Waals surface area contributed by atoms with Crippen molar-refractivity contribution in [1.82, 2.24) is 0 Å². The van der Waals surface area contributed by atoms with Crippen LogP contribution in [0, 0.1) is 46.3 Å². The minimum Gasteiger partial charge on any atom is -0.459 e. The van der Waals surface area contributed by atoms with Crippen molar-refractivity contribution in [3.8, 4) is 0 Å². The van der Waals surface area contributed by atoms with Crippen LogP contribution >= 0.6 is 0 Å². The summed E-state index contributed by atoms with van der Waals surface area (Å²) in [5, 5.41) is 11.3. The third-order valence-electron chi connectivity index (χ3n) is 15.3. The molecule has 302 valence electrons. The Kier molecular flexibility index (Phi) is 10.5. The van der Waals surface area contributed by atoms with Crippen molar-refractivity contribution in [2.75, 3.05) is 13.2 Å². The standard InChI is InChI=1S/C44H60O11/c1-24-14-19-44(50-22-24)25(2)36-34(55-44)21-33-31-13-12-29-20-30(15-17-42(29,5)32(31)16-18-43(33,36)6)53-41-39(52-27(4)46)38(51-26(3)45)37(47)35(54-41)23-49-40(48)28-10-8-7-9-11-28/h7-12,24-25,30-39,41,47H,13-23H2,1-6H3/t24-,25+,30+,31-,32+,33+,34+,35-,36+,37-,38+,39-,41-,42+,43+,44-/m1/s1. The lowest BCUT2D eigenvalue weighted by Crippen LogP contribution is -2.62. The highest BCUT2D eigenvalue weighted by Crippen LogP contribution is 2.70. The molecule has 3 saturated heterocycles. The fraction of sp³-hybridized carbons (Fsp3) is 0.750. The highest BCUT2D eigenvalue weighted by molar-refractivity contribution is 5.89. The van der Waals surface area contributed by atoms with Gasteiger partial charge in [0.2, 0.25) is 0 Å². The van der Waals surface area contributed by atoms with Crippen LogP contribution in [-0.2, 0) is 42.7 Å². The summed E-state index contributed by atoms with van der Waals surface area (Å²) in [5.41, 5.74) is 2.04. The van der Waals surface area contributed by atoms with Gasteiger partial charge in [-0.2, -0.15) is 0 Å². The van der Waals surface area contributed by atoms with Gasteiger partial charge in [0.25, 0.3) is 0 Å². The Balaban J connectivity index is 0.970. The summed E-state index contributed by atoms with van der Waals surface area (Å²) in [6.07, 6.45) is 5.40. The Morgan fingerprint density at radius 2 is 1.67 bits per heavy atom. The van der Waals surface area contributed by atoms with Gasteiger partial charge in [-0.15, -0.1) is 0 Å². The predicted octanol–water partition coefficient (Wildman–Crippen LogP) is 6.54. The maximum Gasteiger partial charge on any atom is 0.338 e. The Labute approximate surface area is 325 Å². The van der Waals surface area contributed by atoms with E-state index in [1.807, 2.05) is 0 Å². The number of fused-ring (bicyclic) bond motifs is 7. The van der Waals surface area contributed by atoms with Crippen LogP contribution in [0.3, 0.4) is 0 Å². The molecule has 3 saturated carbocycles. The Hall–Kier alpha value is -2.83. The third-order valence-corrected chi connectivity index (χ3v) is 15.3. The van der Waals surface area contributed by atoms with Crippen LogP contribution in [0.2, 0.25) is 0 Å². The second kappa shape index (κ2) is 14.8. The molecule has 1 aromatic carbocycles. The van der Waals surface area contributed by atoms with Gasteiger partial charge >= 0.3 is 17.9 Å². The van der Waals surface area contributed by atoms with Crippen LogP contribution in [0.5, 0.6) is 0 Å². The molecule has 1 spiro atoms. The summed E-state index contributed by atoms with van der Waals surface area (Å²) in [6.45, 7) is 12.6. The van der Waals surface area contributed by atoms with Crippen LogP contribution in [-0.4, -0.2) is 84.9 Å². The minimum atomic E-state index is -1.45. The SMILES string of the molecule is CC(=O)O[C@H]1[C@H](O[C@H]2CC[C@@]3(C)C(=CC[C@H]4[C@@H]5C[C@@H]6O[C@]7(CC[C@@H](C)CO7)[C@@H](C)[C@@H]6[C@@]5(C)CC[C@@H]43)C2)O[C@H](COC(=O)c2ccccc2)[C@@H](O)[C@@H]1OC(C)=O. The van der Waals surface area contributed by atoms with Crippen molar-refractivity contribution < 1.29 is 52.6 Å². The molecule has 0 bridgehead atoms. The van der Waals surface area contributed by atoms with Gasteiger partial charge in [-0.1, -0.05) is 57.5 Å². The van der Waals surface area contributed by atoms with Crippen LogP contribution in [0.4, 0.5) is 0 Å². The number of carbonyl (C=O) groups is 3. The van der Waals surface area contributed by atoms with Crippen molar-refractivity contribution in [3.05, 3.63) is 47.5 Å². The maximum absolute atomic E-state index is 12.8. The lowest BCUT2D eigenvalue weighted by atomic mass is 9.47. The summed E-state index contributed by atoms with van der Waals surface area (Å²) in [7, 11) is 0. The van der Waals surface area contributed by atoms with Gasteiger partial charge in [-0.05, 0) is 104 Å². The predicted molar refractivity (Wildman–Crippen MR) is 199 cm³/mol. The topological polar surface area (TPSA) is 136 Å². The van der Waals surface area contributed by atoms with Gasteiger partial charge in [0.1, 0.15) is 18.8 Å². The first-order chi connectivity index (χ1) is 26.2. The largest absolute Gasteiger partial charge is 0.459 e. The van der Waals surface area contributed by atoms with E-state index < -0.39 is 54.4 Å². The molecule has 16 atom stereocenters. The van der Waals surface area contributed by atoms with E-state index in [1.54, 1.807) is 30.3 Å². The lowest BCUT2D eigenvalue weighted by Gasteiger charge is -2.58. The second-order valence-corrected chi connectivity index (χ2v) is 18.4. The van der Waals surface area contributed by atoms with Gasteiger partial charge in [-0.25, -0.2) is 4.79 Å². The number of rotatable bonds is 7. The molecule has 3 heterocycles. The first-order valence-corrected chi connectivity index (χ1v) is 20.8. The maximum atomic E-state index is 12.8. The smallest absolute Gasteiger partial charge is 0.338 e. The normalized spacial score (nSPS) is 46.0. The van der Waals surface area contributed by atoms with E-state index in [9.17, 15) is 19.5 Å². The molecule has 0 amide bonds. The molecule has 0 unspecified atom stereocenters. The zero-order valence-corrected chi connectivity index (χ0v) is 33.3. The molecular weight excluding hydrogens is 704 g/mol. The molecule has 4 aliphatic carbocycles. The molecule has 0 aromatic heterocycles. The number of carbonyl (C=O) groups excluding carboxylic acids is 3. The lowest BCUT2D eigenvalue weighted by molar-refractivity contribution is -0.316. The first kappa shape index (κ1) is 39.0. The molecule has 7 aliphatic rings. The fourth-order valence-electron chi connectivity index (χ4n) is 12.5. The highest BCUT2D eigenvalue weighted by Gasteiger charge is 2.68. The molecule has 3 aliphatic heterocycles. The second-order valence-electron chi connectivity index (χ2n) is 18.4. The van der Waals surface area contributed by atoms with Crippen LogP contribution in [0.15, 0.2) is 42.0 Å². The van der Waals surface area contributed by atoms with Gasteiger partial charge in [-0.3, -0.25) is 9.59 Å². The summed E-state index contributed by atoms with van der Waals surface area (Å²) in [4.78, 5) is 37.3. The molecule has 6 fully saturated rings. The summed E-state index contributed by atoms with van der Waals surface area (Å²) >= 11 is 0. The van der Waals surface area contributed by atoms with E-state index >= 15 is 0 Å². The van der Waals surface area contributed by atoms with E-state index in [0.29, 0.717) is 47.5 Å². The van der Waals surface area contributed by atoms with E-state index in [4.69, 9.17) is 33.2 Å². The van der Waals surface area contributed by atoms with Crippen molar-refractivity contribution in [2.45, 2.75) is 148 Å².